The predicted octanol–water partition coefficient (Wildman–Crippen LogP) is 2.11. The second kappa shape index (κ2) is 5.12. The lowest BCUT2D eigenvalue weighted by Crippen LogP contribution is -2.09. The molecule has 2 heterocycles. The van der Waals surface area contributed by atoms with Crippen molar-refractivity contribution >= 4 is 5.78 Å². The molecule has 4 heteroatoms. The highest BCUT2D eigenvalue weighted by molar-refractivity contribution is 5.98. The fraction of sp³-hybridized carbons (Fsp3) is 0.357. The van der Waals surface area contributed by atoms with Crippen LogP contribution >= 0.6 is 0 Å². The molecule has 0 aliphatic heterocycles. The van der Waals surface area contributed by atoms with Crippen LogP contribution < -0.4 is 0 Å². The van der Waals surface area contributed by atoms with Gasteiger partial charge in [-0.3, -0.25) is 14.5 Å². The van der Waals surface area contributed by atoms with E-state index in [9.17, 15) is 4.79 Å². The van der Waals surface area contributed by atoms with Crippen molar-refractivity contribution in [2.75, 3.05) is 0 Å². The zero-order chi connectivity index (χ0) is 13.1. The lowest BCUT2D eigenvalue weighted by molar-refractivity contribution is 0.0990. The molecule has 4 nitrogen and oxygen atoms in total. The second-order valence-electron chi connectivity index (χ2n) is 4.34. The van der Waals surface area contributed by atoms with Gasteiger partial charge in [0.05, 0.1) is 12.1 Å². The molecule has 18 heavy (non-hydrogen) atoms. The van der Waals surface area contributed by atoms with Crippen LogP contribution in [0, 0.1) is 6.92 Å². The van der Waals surface area contributed by atoms with E-state index in [1.54, 1.807) is 16.9 Å². The van der Waals surface area contributed by atoms with Crippen LogP contribution in [0.4, 0.5) is 0 Å². The van der Waals surface area contributed by atoms with Gasteiger partial charge >= 0.3 is 0 Å². The Balaban J connectivity index is 2.21. The highest BCUT2D eigenvalue weighted by Crippen LogP contribution is 2.11. The third-order valence-corrected chi connectivity index (χ3v) is 3.04. The zero-order valence-corrected chi connectivity index (χ0v) is 11.0. The number of ketones is 1. The minimum Gasteiger partial charge on any atom is -0.294 e. The van der Waals surface area contributed by atoms with Gasteiger partial charge in [-0.2, -0.15) is 5.10 Å². The maximum atomic E-state index is 12.2. The first kappa shape index (κ1) is 12.5. The number of nitrogens with zero attached hydrogens (tertiary/aromatic N) is 3. The minimum atomic E-state index is 0.0891. The summed E-state index contributed by atoms with van der Waals surface area (Å²) in [5.74, 6) is 0.0891. The van der Waals surface area contributed by atoms with Crippen molar-refractivity contribution in [2.24, 2.45) is 7.05 Å². The molecule has 0 amide bonds. The first-order chi connectivity index (χ1) is 8.61. The number of aryl methyl sites for hydroxylation is 3. The number of aromatic nitrogens is 3. The topological polar surface area (TPSA) is 47.8 Å². The molecule has 2 aromatic rings. The molecular formula is C14H17N3O. The summed E-state index contributed by atoms with van der Waals surface area (Å²) in [7, 11) is 1.87. The highest BCUT2D eigenvalue weighted by Gasteiger charge is 2.13. The van der Waals surface area contributed by atoms with E-state index in [1.807, 2.05) is 26.1 Å². The molecule has 0 aliphatic rings. The van der Waals surface area contributed by atoms with E-state index in [0.29, 0.717) is 12.0 Å². The van der Waals surface area contributed by atoms with Gasteiger partial charge in [0.25, 0.3) is 0 Å². The quantitative estimate of drug-likeness (QED) is 0.773. The molecule has 0 unspecified atom stereocenters. The number of Topliss-reactive ketones (excluding diaryl/α,β-unsaturated/α-hetero) is 1. The van der Waals surface area contributed by atoms with Gasteiger partial charge in [-0.1, -0.05) is 6.92 Å². The maximum absolute atomic E-state index is 12.2. The van der Waals surface area contributed by atoms with Gasteiger partial charge in [0.2, 0.25) is 0 Å². The van der Waals surface area contributed by atoms with Gasteiger partial charge in [0.15, 0.2) is 5.78 Å². The maximum Gasteiger partial charge on any atom is 0.170 e. The largest absolute Gasteiger partial charge is 0.294 e. The second-order valence-corrected chi connectivity index (χ2v) is 4.34. The van der Waals surface area contributed by atoms with Gasteiger partial charge < -0.3 is 0 Å². The van der Waals surface area contributed by atoms with Crippen molar-refractivity contribution in [3.63, 3.8) is 0 Å². The monoisotopic (exact) mass is 243 g/mol. The molecule has 94 valence electrons. The van der Waals surface area contributed by atoms with Crippen molar-refractivity contribution in [1.82, 2.24) is 14.8 Å². The van der Waals surface area contributed by atoms with Crippen LogP contribution in [0.15, 0.2) is 24.4 Å². The third-order valence-electron chi connectivity index (χ3n) is 3.04. The molecule has 0 bridgehead atoms. The molecule has 0 spiro atoms. The van der Waals surface area contributed by atoms with Gasteiger partial charge in [0, 0.05) is 30.2 Å². The molecular weight excluding hydrogens is 226 g/mol. The average Bonchev–Trinajstić information content (AvgIpc) is 2.70. The summed E-state index contributed by atoms with van der Waals surface area (Å²) in [5.41, 5.74) is 3.43. The summed E-state index contributed by atoms with van der Waals surface area (Å²) in [4.78, 5) is 16.3. The molecule has 0 aromatic carbocycles. The number of hydrogen-bond donors (Lipinski definition) is 0. The Bertz CT molecular complexity index is 572. The molecule has 0 saturated heterocycles. The van der Waals surface area contributed by atoms with E-state index >= 15 is 0 Å². The van der Waals surface area contributed by atoms with Crippen molar-refractivity contribution in [3.8, 4) is 0 Å². The summed E-state index contributed by atoms with van der Waals surface area (Å²) >= 11 is 0. The summed E-state index contributed by atoms with van der Waals surface area (Å²) in [5, 5.41) is 4.35. The number of carbonyl (C=O) groups excluding carboxylic acids is 1. The van der Waals surface area contributed by atoms with E-state index in [4.69, 9.17) is 0 Å². The SMILES string of the molecule is CCc1cc(CC(=O)c2cccnc2C)n(C)n1. The smallest absolute Gasteiger partial charge is 0.170 e. The van der Waals surface area contributed by atoms with Crippen LogP contribution in [-0.2, 0) is 19.9 Å². The Morgan fingerprint density at radius 3 is 2.83 bits per heavy atom. The molecule has 2 rings (SSSR count). The van der Waals surface area contributed by atoms with E-state index in [-0.39, 0.29) is 5.78 Å². The Morgan fingerprint density at radius 2 is 2.22 bits per heavy atom. The fourth-order valence-corrected chi connectivity index (χ4v) is 1.95. The normalized spacial score (nSPS) is 10.6. The highest BCUT2D eigenvalue weighted by atomic mass is 16.1. The van der Waals surface area contributed by atoms with Crippen molar-refractivity contribution in [2.45, 2.75) is 26.7 Å². The number of rotatable bonds is 4. The van der Waals surface area contributed by atoms with E-state index < -0.39 is 0 Å². The van der Waals surface area contributed by atoms with Gasteiger partial charge in [-0.15, -0.1) is 0 Å². The molecule has 0 saturated carbocycles. The number of carbonyl (C=O) groups is 1. The van der Waals surface area contributed by atoms with Gasteiger partial charge in [-0.05, 0) is 31.5 Å². The Kier molecular flexibility index (Phi) is 3.55. The average molecular weight is 243 g/mol. The molecule has 0 fully saturated rings. The lowest BCUT2D eigenvalue weighted by atomic mass is 10.1. The molecule has 2 aromatic heterocycles. The van der Waals surface area contributed by atoms with Crippen LogP contribution in [0.1, 0.15) is 34.4 Å². The number of hydrogen-bond acceptors (Lipinski definition) is 3. The van der Waals surface area contributed by atoms with Crippen molar-refractivity contribution in [1.29, 1.82) is 0 Å². The predicted molar refractivity (Wildman–Crippen MR) is 69.6 cm³/mol. The standard InChI is InChI=1S/C14H17N3O/c1-4-11-8-12(17(3)16-11)9-14(18)13-6-5-7-15-10(13)2/h5-8H,4,9H2,1-3H3. The summed E-state index contributed by atoms with van der Waals surface area (Å²) in [6, 6.07) is 5.60. The molecule has 0 N–H and O–H groups in total. The number of pyridine rings is 1. The van der Waals surface area contributed by atoms with Crippen molar-refractivity contribution in [3.05, 3.63) is 47.0 Å². The zero-order valence-electron chi connectivity index (χ0n) is 11.0. The van der Waals surface area contributed by atoms with E-state index in [0.717, 1.165) is 23.5 Å². The third kappa shape index (κ3) is 2.47. The molecule has 0 aliphatic carbocycles. The minimum absolute atomic E-state index is 0.0891. The summed E-state index contributed by atoms with van der Waals surface area (Å²) < 4.78 is 1.78. The Morgan fingerprint density at radius 1 is 1.44 bits per heavy atom. The van der Waals surface area contributed by atoms with E-state index in [2.05, 4.69) is 17.0 Å². The van der Waals surface area contributed by atoms with Crippen LogP contribution in [0.5, 0.6) is 0 Å². The molecule has 0 atom stereocenters. The van der Waals surface area contributed by atoms with Gasteiger partial charge in [-0.25, -0.2) is 0 Å². The van der Waals surface area contributed by atoms with Crippen molar-refractivity contribution < 1.29 is 4.79 Å². The molecule has 0 radical (unpaired) electrons. The Labute approximate surface area is 107 Å². The first-order valence-electron chi connectivity index (χ1n) is 6.08. The van der Waals surface area contributed by atoms with Crippen LogP contribution in [-0.4, -0.2) is 20.5 Å². The van der Waals surface area contributed by atoms with Crippen LogP contribution in [0.3, 0.4) is 0 Å². The fourth-order valence-electron chi connectivity index (χ4n) is 1.95. The lowest BCUT2D eigenvalue weighted by Gasteiger charge is -2.04. The van der Waals surface area contributed by atoms with Gasteiger partial charge in [0.1, 0.15) is 0 Å². The van der Waals surface area contributed by atoms with E-state index in [1.165, 1.54) is 0 Å². The van der Waals surface area contributed by atoms with Crippen LogP contribution in [0.25, 0.3) is 0 Å². The summed E-state index contributed by atoms with van der Waals surface area (Å²) in [6.45, 7) is 3.91. The Hall–Kier alpha value is -1.97. The first-order valence-corrected chi connectivity index (χ1v) is 6.08. The summed E-state index contributed by atoms with van der Waals surface area (Å²) in [6.07, 6.45) is 2.95. The van der Waals surface area contributed by atoms with Crippen LogP contribution in [0.2, 0.25) is 0 Å².